The topological polar surface area (TPSA) is 76.9 Å². The Balaban J connectivity index is 2.57. The van der Waals surface area contributed by atoms with Gasteiger partial charge in [0.2, 0.25) is 5.03 Å². The summed E-state index contributed by atoms with van der Waals surface area (Å²) in [4.78, 5) is 0. The van der Waals surface area contributed by atoms with Crippen molar-refractivity contribution in [1.82, 2.24) is 15.0 Å². The lowest BCUT2D eigenvalue weighted by molar-refractivity contribution is 0.459. The molecule has 12 heteroatoms. The number of nitrogens with zero attached hydrogens (tertiary/aromatic N) is 3. The van der Waals surface area contributed by atoms with Gasteiger partial charge < -0.3 is 0 Å². The van der Waals surface area contributed by atoms with Crippen LogP contribution in [0.15, 0.2) is 15.7 Å². The number of aryl methyl sites for hydroxylation is 1. The van der Waals surface area contributed by atoms with E-state index < -0.39 is 44.0 Å². The molecule has 0 amide bonds. The van der Waals surface area contributed by atoms with Crippen LogP contribution in [0, 0.1) is 23.3 Å². The van der Waals surface area contributed by atoms with Gasteiger partial charge in [-0.25, -0.2) is 22.2 Å². The van der Waals surface area contributed by atoms with Crippen LogP contribution in [0.4, 0.5) is 23.2 Å². The fourth-order valence-corrected chi connectivity index (χ4v) is 3.61. The van der Waals surface area contributed by atoms with Crippen molar-refractivity contribution in [3.8, 4) is 0 Å². The molecule has 2 rings (SSSR count). The van der Waals surface area contributed by atoms with E-state index in [-0.39, 0.29) is 10.7 Å². The Morgan fingerprint density at radius 1 is 1.19 bits per heavy atom. The summed E-state index contributed by atoms with van der Waals surface area (Å²) in [5, 5.41) is 6.17. The second kappa shape index (κ2) is 5.26. The summed E-state index contributed by atoms with van der Waals surface area (Å²) in [5.74, 6) is -7.23. The minimum absolute atomic E-state index is 0.0377. The third-order valence-corrected chi connectivity index (χ3v) is 4.58. The van der Waals surface area contributed by atoms with Crippen LogP contribution in [-0.4, -0.2) is 23.4 Å². The maximum absolute atomic E-state index is 13.5. The van der Waals surface area contributed by atoms with Crippen LogP contribution in [0.3, 0.4) is 0 Å². The molecule has 114 valence electrons. The van der Waals surface area contributed by atoms with E-state index in [1.54, 1.807) is 0 Å². The Hall–Kier alpha value is -1.69. The van der Waals surface area contributed by atoms with Crippen LogP contribution in [0.2, 0.25) is 0 Å². The van der Waals surface area contributed by atoms with Crippen molar-refractivity contribution in [2.24, 2.45) is 7.05 Å². The molecule has 0 saturated heterocycles. The molecule has 0 spiro atoms. The molecule has 1 N–H and O–H groups in total. The van der Waals surface area contributed by atoms with Crippen molar-refractivity contribution in [2.75, 3.05) is 4.72 Å². The highest BCUT2D eigenvalue weighted by molar-refractivity contribution is 9.10. The number of halogens is 5. The van der Waals surface area contributed by atoms with Crippen LogP contribution < -0.4 is 4.72 Å². The fourth-order valence-electron chi connectivity index (χ4n) is 1.45. The van der Waals surface area contributed by atoms with E-state index in [2.05, 4.69) is 26.2 Å². The van der Waals surface area contributed by atoms with E-state index in [0.717, 1.165) is 4.68 Å². The summed E-state index contributed by atoms with van der Waals surface area (Å²) in [6.45, 7) is 0. The first-order chi connectivity index (χ1) is 9.65. The van der Waals surface area contributed by atoms with E-state index >= 15 is 0 Å². The van der Waals surface area contributed by atoms with Gasteiger partial charge in [0.1, 0.15) is 5.69 Å². The monoisotopic (exact) mass is 388 g/mol. The van der Waals surface area contributed by atoms with Crippen molar-refractivity contribution in [3.05, 3.63) is 33.9 Å². The van der Waals surface area contributed by atoms with Crippen LogP contribution in [0.1, 0.15) is 0 Å². The van der Waals surface area contributed by atoms with Crippen LogP contribution in [-0.2, 0) is 17.1 Å². The molecule has 0 aliphatic carbocycles. The third-order valence-electron chi connectivity index (χ3n) is 2.34. The molecule has 0 atom stereocenters. The molecular formula is C9H5BrF4N4O2S. The summed E-state index contributed by atoms with van der Waals surface area (Å²) in [6.07, 6.45) is 0. The average Bonchev–Trinajstić information content (AvgIpc) is 2.72. The van der Waals surface area contributed by atoms with E-state index in [1.807, 2.05) is 0 Å². The summed E-state index contributed by atoms with van der Waals surface area (Å²) in [7, 11) is -3.38. The molecule has 0 bridgehead atoms. The SMILES string of the molecule is Cn1nnc(Br)c1S(=O)(=O)Nc1c(F)c(F)cc(F)c1F. The zero-order valence-corrected chi connectivity index (χ0v) is 12.4. The van der Waals surface area contributed by atoms with E-state index in [9.17, 15) is 26.0 Å². The second-order valence-electron chi connectivity index (χ2n) is 3.76. The lowest BCUT2D eigenvalue weighted by Gasteiger charge is -2.10. The van der Waals surface area contributed by atoms with E-state index in [0.29, 0.717) is 0 Å². The Bertz CT molecular complexity index is 778. The zero-order chi connectivity index (χ0) is 15.9. The molecule has 1 heterocycles. The maximum Gasteiger partial charge on any atom is 0.282 e. The smallest absolute Gasteiger partial charge is 0.272 e. The predicted molar refractivity (Wildman–Crippen MR) is 65.8 cm³/mol. The van der Waals surface area contributed by atoms with Gasteiger partial charge in [0, 0.05) is 13.1 Å². The Morgan fingerprint density at radius 3 is 2.14 bits per heavy atom. The Labute approximate surface area is 123 Å². The van der Waals surface area contributed by atoms with Crippen molar-refractivity contribution < 1.29 is 26.0 Å². The van der Waals surface area contributed by atoms with Gasteiger partial charge >= 0.3 is 0 Å². The minimum atomic E-state index is -4.58. The first-order valence-corrected chi connectivity index (χ1v) is 7.33. The molecule has 0 fully saturated rings. The molecule has 0 unspecified atom stereocenters. The maximum atomic E-state index is 13.5. The molecule has 0 saturated carbocycles. The summed E-state index contributed by atoms with van der Waals surface area (Å²) in [6, 6.07) is -0.0377. The van der Waals surface area contributed by atoms with Gasteiger partial charge in [0.25, 0.3) is 10.0 Å². The largest absolute Gasteiger partial charge is 0.282 e. The number of anilines is 1. The van der Waals surface area contributed by atoms with Gasteiger partial charge in [-0.3, -0.25) is 4.72 Å². The van der Waals surface area contributed by atoms with E-state index in [4.69, 9.17) is 0 Å². The molecule has 6 nitrogen and oxygen atoms in total. The molecule has 1 aromatic carbocycles. The van der Waals surface area contributed by atoms with Gasteiger partial charge in [-0.2, -0.15) is 8.42 Å². The number of benzene rings is 1. The van der Waals surface area contributed by atoms with Gasteiger partial charge in [0.05, 0.1) is 0 Å². The number of hydrogen-bond donors (Lipinski definition) is 1. The Morgan fingerprint density at radius 2 is 1.71 bits per heavy atom. The summed E-state index contributed by atoms with van der Waals surface area (Å²) < 4.78 is 79.0. The second-order valence-corrected chi connectivity index (χ2v) is 6.11. The molecule has 0 radical (unpaired) electrons. The molecule has 2 aromatic rings. The van der Waals surface area contributed by atoms with Crippen molar-refractivity contribution in [2.45, 2.75) is 5.03 Å². The Kier molecular flexibility index (Phi) is 3.93. The summed E-state index contributed by atoms with van der Waals surface area (Å²) in [5.41, 5.74) is -1.47. The number of aromatic nitrogens is 3. The highest BCUT2D eigenvalue weighted by Crippen LogP contribution is 2.28. The van der Waals surface area contributed by atoms with Crippen LogP contribution >= 0.6 is 15.9 Å². The molecule has 0 aliphatic rings. The van der Waals surface area contributed by atoms with Crippen molar-refractivity contribution in [3.63, 3.8) is 0 Å². The van der Waals surface area contributed by atoms with Crippen molar-refractivity contribution in [1.29, 1.82) is 0 Å². The molecule has 21 heavy (non-hydrogen) atoms. The third kappa shape index (κ3) is 2.72. The number of nitrogens with one attached hydrogen (secondary N) is 1. The van der Waals surface area contributed by atoms with Gasteiger partial charge in [-0.05, 0) is 15.9 Å². The van der Waals surface area contributed by atoms with Crippen molar-refractivity contribution >= 4 is 31.6 Å². The fraction of sp³-hybridized carbons (Fsp3) is 0.111. The molecule has 0 aliphatic heterocycles. The number of hydrogen-bond acceptors (Lipinski definition) is 4. The molecular weight excluding hydrogens is 384 g/mol. The van der Waals surface area contributed by atoms with Gasteiger partial charge in [0.15, 0.2) is 27.9 Å². The highest BCUT2D eigenvalue weighted by atomic mass is 79.9. The summed E-state index contributed by atoms with van der Waals surface area (Å²) >= 11 is 2.78. The van der Waals surface area contributed by atoms with Gasteiger partial charge in [-0.15, -0.1) is 5.10 Å². The average molecular weight is 389 g/mol. The zero-order valence-electron chi connectivity index (χ0n) is 10.0. The van der Waals surface area contributed by atoms with E-state index in [1.165, 1.54) is 11.8 Å². The number of sulfonamides is 1. The lowest BCUT2D eigenvalue weighted by atomic mass is 10.3. The normalized spacial score (nSPS) is 11.7. The lowest BCUT2D eigenvalue weighted by Crippen LogP contribution is -2.19. The van der Waals surface area contributed by atoms with Crippen LogP contribution in [0.25, 0.3) is 0 Å². The minimum Gasteiger partial charge on any atom is -0.272 e. The first-order valence-electron chi connectivity index (χ1n) is 5.06. The highest BCUT2D eigenvalue weighted by Gasteiger charge is 2.28. The number of rotatable bonds is 3. The molecule has 1 aromatic heterocycles. The van der Waals surface area contributed by atoms with Crippen LogP contribution in [0.5, 0.6) is 0 Å². The quantitative estimate of drug-likeness (QED) is 0.643. The first kappa shape index (κ1) is 15.7. The standard InChI is InChI=1S/C9H5BrF4N4O2S/c1-18-9(8(10)15-17-18)21(19,20)16-7-5(13)3(11)2-4(12)6(7)14/h2,16H,1H3. The van der Waals surface area contributed by atoms with Gasteiger partial charge in [-0.1, -0.05) is 5.21 Å². The predicted octanol–water partition coefficient (Wildman–Crippen LogP) is 1.93.